The number of anilines is 1. The van der Waals surface area contributed by atoms with Crippen LogP contribution in [-0.4, -0.2) is 41.1 Å². The van der Waals surface area contributed by atoms with Gasteiger partial charge in [0, 0.05) is 24.8 Å². The molecule has 2 rings (SSSR count). The molecule has 2 heterocycles. The number of morpholine rings is 1. The lowest BCUT2D eigenvalue weighted by atomic mass is 10.2. The number of ether oxygens (including phenoxy) is 1. The molecule has 5 heteroatoms. The lowest BCUT2D eigenvalue weighted by molar-refractivity contribution is -0.00358. The smallest absolute Gasteiger partial charge is 0.132 e. The maximum absolute atomic E-state index is 5.87. The summed E-state index contributed by atoms with van der Waals surface area (Å²) in [6.45, 7) is 5.81. The lowest BCUT2D eigenvalue weighted by Crippen LogP contribution is -2.47. The van der Waals surface area contributed by atoms with Crippen LogP contribution >= 0.6 is 11.6 Å². The van der Waals surface area contributed by atoms with E-state index in [4.69, 9.17) is 16.3 Å². The van der Waals surface area contributed by atoms with Gasteiger partial charge >= 0.3 is 0 Å². The van der Waals surface area contributed by atoms with Crippen molar-refractivity contribution in [3.8, 4) is 0 Å². The Labute approximate surface area is 107 Å². The molecule has 2 unspecified atom stereocenters. The highest BCUT2D eigenvalue weighted by Gasteiger charge is 2.25. The van der Waals surface area contributed by atoms with E-state index < -0.39 is 0 Å². The van der Waals surface area contributed by atoms with Crippen LogP contribution in [0.2, 0.25) is 0 Å². The van der Waals surface area contributed by atoms with E-state index in [2.05, 4.69) is 28.7 Å². The maximum atomic E-state index is 5.87. The van der Waals surface area contributed by atoms with Crippen molar-refractivity contribution in [3.05, 3.63) is 18.1 Å². The number of halogens is 1. The fraction of sp³-hybridized carbons (Fsp3) is 0.667. The molecule has 1 aromatic rings. The second-order valence-corrected chi connectivity index (χ2v) is 4.66. The fourth-order valence-electron chi connectivity index (χ4n) is 2.07. The Morgan fingerprint density at radius 2 is 2.29 bits per heavy atom. The van der Waals surface area contributed by atoms with Crippen LogP contribution in [0.25, 0.3) is 0 Å². The third-order valence-electron chi connectivity index (χ3n) is 2.89. The van der Waals surface area contributed by atoms with Gasteiger partial charge in [-0.1, -0.05) is 6.92 Å². The van der Waals surface area contributed by atoms with Gasteiger partial charge in [0.2, 0.25) is 0 Å². The molecule has 1 saturated heterocycles. The van der Waals surface area contributed by atoms with Gasteiger partial charge in [-0.05, 0) is 13.3 Å². The minimum Gasteiger partial charge on any atom is -0.370 e. The van der Waals surface area contributed by atoms with Crippen LogP contribution in [0.1, 0.15) is 19.5 Å². The third-order valence-corrected chi connectivity index (χ3v) is 3.24. The fourth-order valence-corrected chi connectivity index (χ4v) is 2.24. The van der Waals surface area contributed by atoms with Crippen LogP contribution in [-0.2, 0) is 11.2 Å². The van der Waals surface area contributed by atoms with Crippen molar-refractivity contribution in [3.63, 3.8) is 0 Å². The van der Waals surface area contributed by atoms with Crippen LogP contribution in [0.4, 0.5) is 5.82 Å². The number of alkyl halides is 1. The van der Waals surface area contributed by atoms with E-state index in [0.29, 0.717) is 5.88 Å². The number of aryl methyl sites for hydroxylation is 1. The van der Waals surface area contributed by atoms with E-state index in [1.807, 2.05) is 6.07 Å². The highest BCUT2D eigenvalue weighted by atomic mass is 35.5. The first-order valence-corrected chi connectivity index (χ1v) is 6.53. The minimum atomic E-state index is 0.0838. The van der Waals surface area contributed by atoms with Crippen LogP contribution in [0.3, 0.4) is 0 Å². The summed E-state index contributed by atoms with van der Waals surface area (Å²) in [5, 5.41) is 0. The standard InChI is InChI=1S/C12H18ClN3O/c1-3-10-4-12(15-8-14-10)16-6-9(2)17-11(5-13)7-16/h4,8-9,11H,3,5-7H2,1-2H3. The Balaban J connectivity index is 2.14. The Hall–Kier alpha value is -0.870. The summed E-state index contributed by atoms with van der Waals surface area (Å²) in [5.74, 6) is 1.49. The molecule has 0 amide bonds. The number of rotatable bonds is 3. The molecule has 4 nitrogen and oxygen atoms in total. The molecular weight excluding hydrogens is 238 g/mol. The highest BCUT2D eigenvalue weighted by molar-refractivity contribution is 6.18. The van der Waals surface area contributed by atoms with Gasteiger partial charge in [0.15, 0.2) is 0 Å². The van der Waals surface area contributed by atoms with Gasteiger partial charge < -0.3 is 9.64 Å². The highest BCUT2D eigenvalue weighted by Crippen LogP contribution is 2.19. The van der Waals surface area contributed by atoms with E-state index in [-0.39, 0.29) is 12.2 Å². The summed E-state index contributed by atoms with van der Waals surface area (Å²) < 4.78 is 5.73. The Morgan fingerprint density at radius 3 is 3.00 bits per heavy atom. The van der Waals surface area contributed by atoms with Crippen molar-refractivity contribution in [2.45, 2.75) is 32.5 Å². The second-order valence-electron chi connectivity index (χ2n) is 4.35. The topological polar surface area (TPSA) is 38.2 Å². The van der Waals surface area contributed by atoms with Gasteiger partial charge in [0.1, 0.15) is 12.1 Å². The van der Waals surface area contributed by atoms with E-state index in [1.54, 1.807) is 6.33 Å². The number of nitrogens with zero attached hydrogens (tertiary/aromatic N) is 3. The van der Waals surface area contributed by atoms with Crippen molar-refractivity contribution in [2.75, 3.05) is 23.9 Å². The van der Waals surface area contributed by atoms with E-state index >= 15 is 0 Å². The van der Waals surface area contributed by atoms with Gasteiger partial charge in [-0.15, -0.1) is 11.6 Å². The number of hydrogen-bond donors (Lipinski definition) is 0. The molecule has 1 aromatic heterocycles. The zero-order valence-corrected chi connectivity index (χ0v) is 11.0. The average molecular weight is 256 g/mol. The van der Waals surface area contributed by atoms with Gasteiger partial charge in [0.05, 0.1) is 18.1 Å². The molecule has 0 radical (unpaired) electrons. The Morgan fingerprint density at radius 1 is 1.47 bits per heavy atom. The SMILES string of the molecule is CCc1cc(N2CC(C)OC(CCl)C2)ncn1. The molecule has 94 valence electrons. The maximum Gasteiger partial charge on any atom is 0.132 e. The minimum absolute atomic E-state index is 0.0838. The summed E-state index contributed by atoms with van der Waals surface area (Å²) in [6, 6.07) is 2.04. The molecule has 0 saturated carbocycles. The van der Waals surface area contributed by atoms with Crippen molar-refractivity contribution >= 4 is 17.4 Å². The molecule has 17 heavy (non-hydrogen) atoms. The van der Waals surface area contributed by atoms with Gasteiger partial charge in [-0.25, -0.2) is 9.97 Å². The summed E-state index contributed by atoms with van der Waals surface area (Å²) in [6.07, 6.45) is 2.83. The molecular formula is C12H18ClN3O. The summed E-state index contributed by atoms with van der Waals surface area (Å²) in [4.78, 5) is 10.8. The van der Waals surface area contributed by atoms with Crippen LogP contribution < -0.4 is 4.90 Å². The van der Waals surface area contributed by atoms with E-state index in [9.17, 15) is 0 Å². The van der Waals surface area contributed by atoms with Gasteiger partial charge in [-0.3, -0.25) is 0 Å². The zero-order chi connectivity index (χ0) is 12.3. The first-order chi connectivity index (χ1) is 8.22. The second kappa shape index (κ2) is 5.65. The zero-order valence-electron chi connectivity index (χ0n) is 10.3. The predicted molar refractivity (Wildman–Crippen MR) is 68.7 cm³/mol. The first-order valence-electron chi connectivity index (χ1n) is 6.00. The van der Waals surface area contributed by atoms with Crippen molar-refractivity contribution in [1.29, 1.82) is 0 Å². The molecule has 0 N–H and O–H groups in total. The number of aromatic nitrogens is 2. The van der Waals surface area contributed by atoms with Crippen molar-refractivity contribution in [1.82, 2.24) is 9.97 Å². The molecule has 0 aliphatic carbocycles. The first kappa shape index (κ1) is 12.6. The normalized spacial score (nSPS) is 25.0. The summed E-state index contributed by atoms with van der Waals surface area (Å²) in [5.41, 5.74) is 1.07. The molecule has 2 atom stereocenters. The monoisotopic (exact) mass is 255 g/mol. The van der Waals surface area contributed by atoms with Crippen LogP contribution in [0, 0.1) is 0 Å². The molecule has 1 aliphatic heterocycles. The van der Waals surface area contributed by atoms with Crippen LogP contribution in [0.15, 0.2) is 12.4 Å². The molecule has 0 spiro atoms. The lowest BCUT2D eigenvalue weighted by Gasteiger charge is -2.36. The molecule has 1 fully saturated rings. The molecule has 0 bridgehead atoms. The molecule has 0 aromatic carbocycles. The van der Waals surface area contributed by atoms with Gasteiger partial charge in [-0.2, -0.15) is 0 Å². The van der Waals surface area contributed by atoms with Crippen LogP contribution in [0.5, 0.6) is 0 Å². The third kappa shape index (κ3) is 3.07. The predicted octanol–water partition coefficient (Wildman–Crippen LogP) is 1.87. The van der Waals surface area contributed by atoms with Gasteiger partial charge in [0.25, 0.3) is 0 Å². The quantitative estimate of drug-likeness (QED) is 0.773. The largest absolute Gasteiger partial charge is 0.370 e. The summed E-state index contributed by atoms with van der Waals surface area (Å²) >= 11 is 5.87. The number of hydrogen-bond acceptors (Lipinski definition) is 4. The average Bonchev–Trinajstić information content (AvgIpc) is 2.38. The Kier molecular flexibility index (Phi) is 4.18. The molecule has 1 aliphatic rings. The summed E-state index contributed by atoms with van der Waals surface area (Å²) in [7, 11) is 0. The van der Waals surface area contributed by atoms with E-state index in [0.717, 1.165) is 31.0 Å². The van der Waals surface area contributed by atoms with Crippen molar-refractivity contribution < 1.29 is 4.74 Å². The van der Waals surface area contributed by atoms with Crippen molar-refractivity contribution in [2.24, 2.45) is 0 Å². The Bertz CT molecular complexity index is 375. The van der Waals surface area contributed by atoms with E-state index in [1.165, 1.54) is 0 Å².